The molecule has 3 aromatic rings. The highest BCUT2D eigenvalue weighted by Gasteiger charge is 2.14. The first-order valence-corrected chi connectivity index (χ1v) is 6.88. The molecule has 0 aliphatic rings. The number of fused-ring (bicyclic) bond motifs is 1. The standard InChI is InChI=1S/C14H18N6O/c1-4-15-14-17-12-11(7-16-19-12)13(18-14)20(3)8-10-5-6-21-9(10)2/h5-7H,4,8H2,1-3H3,(H2,15,16,17,18,19). The number of nitrogens with zero attached hydrogens (tertiary/aromatic N) is 4. The Morgan fingerprint density at radius 2 is 2.24 bits per heavy atom. The van der Waals surface area contributed by atoms with Gasteiger partial charge in [-0.05, 0) is 19.9 Å². The van der Waals surface area contributed by atoms with Crippen molar-refractivity contribution >= 4 is 22.8 Å². The van der Waals surface area contributed by atoms with Crippen LogP contribution in [0.15, 0.2) is 22.9 Å². The molecule has 0 bridgehead atoms. The maximum atomic E-state index is 5.35. The van der Waals surface area contributed by atoms with Gasteiger partial charge < -0.3 is 14.6 Å². The third kappa shape index (κ3) is 2.54. The Balaban J connectivity index is 1.97. The smallest absolute Gasteiger partial charge is 0.226 e. The number of rotatable bonds is 5. The fraction of sp³-hybridized carbons (Fsp3) is 0.357. The lowest BCUT2D eigenvalue weighted by Gasteiger charge is -2.19. The Hall–Kier alpha value is -2.57. The van der Waals surface area contributed by atoms with Crippen molar-refractivity contribution in [3.05, 3.63) is 29.9 Å². The highest BCUT2D eigenvalue weighted by atomic mass is 16.3. The molecule has 21 heavy (non-hydrogen) atoms. The lowest BCUT2D eigenvalue weighted by atomic mass is 10.2. The molecular weight excluding hydrogens is 268 g/mol. The second-order valence-electron chi connectivity index (χ2n) is 4.89. The first-order valence-electron chi connectivity index (χ1n) is 6.88. The number of nitrogens with one attached hydrogen (secondary N) is 2. The monoisotopic (exact) mass is 286 g/mol. The van der Waals surface area contributed by atoms with Crippen molar-refractivity contribution in [3.63, 3.8) is 0 Å². The number of hydrogen-bond acceptors (Lipinski definition) is 6. The Morgan fingerprint density at radius 3 is 2.95 bits per heavy atom. The molecule has 0 fully saturated rings. The molecule has 0 aliphatic carbocycles. The number of furan rings is 1. The van der Waals surface area contributed by atoms with Gasteiger partial charge >= 0.3 is 0 Å². The van der Waals surface area contributed by atoms with Crippen LogP contribution in [0.1, 0.15) is 18.2 Å². The molecule has 0 radical (unpaired) electrons. The van der Waals surface area contributed by atoms with Gasteiger partial charge in [-0.25, -0.2) is 0 Å². The van der Waals surface area contributed by atoms with E-state index in [1.54, 1.807) is 12.5 Å². The molecule has 110 valence electrons. The lowest BCUT2D eigenvalue weighted by molar-refractivity contribution is 0.529. The molecule has 0 aromatic carbocycles. The Kier molecular flexibility index (Phi) is 3.47. The summed E-state index contributed by atoms with van der Waals surface area (Å²) in [5.74, 6) is 2.36. The van der Waals surface area contributed by atoms with Crippen LogP contribution in [0.5, 0.6) is 0 Å². The molecule has 3 heterocycles. The van der Waals surface area contributed by atoms with Gasteiger partial charge in [0.05, 0.1) is 17.8 Å². The van der Waals surface area contributed by atoms with Gasteiger partial charge in [-0.3, -0.25) is 5.10 Å². The Morgan fingerprint density at radius 1 is 1.38 bits per heavy atom. The predicted molar refractivity (Wildman–Crippen MR) is 81.4 cm³/mol. The molecule has 3 rings (SSSR count). The van der Waals surface area contributed by atoms with E-state index in [4.69, 9.17) is 4.42 Å². The zero-order valence-corrected chi connectivity index (χ0v) is 12.3. The van der Waals surface area contributed by atoms with Crippen molar-refractivity contribution in [3.8, 4) is 0 Å². The van der Waals surface area contributed by atoms with E-state index in [1.165, 1.54) is 0 Å². The van der Waals surface area contributed by atoms with Crippen LogP contribution in [-0.4, -0.2) is 33.8 Å². The van der Waals surface area contributed by atoms with Crippen LogP contribution in [0, 0.1) is 6.92 Å². The summed E-state index contributed by atoms with van der Waals surface area (Å²) >= 11 is 0. The molecule has 0 saturated carbocycles. The number of aromatic amines is 1. The van der Waals surface area contributed by atoms with E-state index >= 15 is 0 Å². The molecule has 0 saturated heterocycles. The van der Waals surface area contributed by atoms with Gasteiger partial charge in [-0.2, -0.15) is 15.1 Å². The number of aryl methyl sites for hydroxylation is 1. The molecular formula is C14H18N6O. The summed E-state index contributed by atoms with van der Waals surface area (Å²) in [4.78, 5) is 11.1. The number of hydrogen-bond donors (Lipinski definition) is 2. The fourth-order valence-corrected chi connectivity index (χ4v) is 2.25. The van der Waals surface area contributed by atoms with Gasteiger partial charge in [-0.15, -0.1) is 0 Å². The van der Waals surface area contributed by atoms with Crippen LogP contribution in [0.4, 0.5) is 11.8 Å². The fourth-order valence-electron chi connectivity index (χ4n) is 2.25. The lowest BCUT2D eigenvalue weighted by Crippen LogP contribution is -2.19. The summed E-state index contributed by atoms with van der Waals surface area (Å²) in [6.07, 6.45) is 3.45. The number of H-pyrrole nitrogens is 1. The molecule has 0 amide bonds. The van der Waals surface area contributed by atoms with E-state index in [9.17, 15) is 0 Å². The first-order chi connectivity index (χ1) is 10.2. The van der Waals surface area contributed by atoms with Gasteiger partial charge in [0.2, 0.25) is 5.95 Å². The van der Waals surface area contributed by atoms with E-state index in [2.05, 4.69) is 30.4 Å². The van der Waals surface area contributed by atoms with E-state index in [-0.39, 0.29) is 0 Å². The minimum Gasteiger partial charge on any atom is -0.469 e. The highest BCUT2D eigenvalue weighted by molar-refractivity contribution is 5.87. The van der Waals surface area contributed by atoms with E-state index in [1.807, 2.05) is 27.0 Å². The van der Waals surface area contributed by atoms with Crippen molar-refractivity contribution in [2.75, 3.05) is 23.8 Å². The third-order valence-electron chi connectivity index (χ3n) is 3.36. The van der Waals surface area contributed by atoms with Crippen LogP contribution >= 0.6 is 0 Å². The Labute approximate surface area is 122 Å². The maximum absolute atomic E-state index is 5.35. The molecule has 2 N–H and O–H groups in total. The van der Waals surface area contributed by atoms with Crippen molar-refractivity contribution in [1.82, 2.24) is 20.2 Å². The number of anilines is 2. The highest BCUT2D eigenvalue weighted by Crippen LogP contribution is 2.25. The molecule has 0 atom stereocenters. The maximum Gasteiger partial charge on any atom is 0.226 e. The van der Waals surface area contributed by atoms with Crippen LogP contribution in [-0.2, 0) is 6.54 Å². The molecule has 7 heteroatoms. The molecule has 7 nitrogen and oxygen atoms in total. The van der Waals surface area contributed by atoms with Crippen molar-refractivity contribution in [2.24, 2.45) is 0 Å². The number of aromatic nitrogens is 4. The zero-order chi connectivity index (χ0) is 14.8. The van der Waals surface area contributed by atoms with Gasteiger partial charge in [0.25, 0.3) is 0 Å². The molecule has 3 aromatic heterocycles. The van der Waals surface area contributed by atoms with Crippen LogP contribution in [0.2, 0.25) is 0 Å². The zero-order valence-electron chi connectivity index (χ0n) is 12.3. The minimum absolute atomic E-state index is 0.597. The van der Waals surface area contributed by atoms with E-state index in [0.717, 1.165) is 34.7 Å². The van der Waals surface area contributed by atoms with Gasteiger partial charge in [0.1, 0.15) is 11.6 Å². The summed E-state index contributed by atoms with van der Waals surface area (Å²) in [5.41, 5.74) is 1.87. The SMILES string of the molecule is CCNc1nc(N(C)Cc2ccoc2C)c2cn[nH]c2n1. The minimum atomic E-state index is 0.597. The van der Waals surface area contributed by atoms with Gasteiger partial charge in [0.15, 0.2) is 5.65 Å². The first kappa shape index (κ1) is 13.4. The van der Waals surface area contributed by atoms with Crippen molar-refractivity contribution < 1.29 is 4.42 Å². The third-order valence-corrected chi connectivity index (χ3v) is 3.36. The quantitative estimate of drug-likeness (QED) is 0.749. The second kappa shape index (κ2) is 5.43. The van der Waals surface area contributed by atoms with Gasteiger partial charge in [-0.1, -0.05) is 0 Å². The largest absolute Gasteiger partial charge is 0.469 e. The topological polar surface area (TPSA) is 82.9 Å². The second-order valence-corrected chi connectivity index (χ2v) is 4.89. The predicted octanol–water partition coefficient (Wildman–Crippen LogP) is 2.32. The average molecular weight is 286 g/mol. The summed E-state index contributed by atoms with van der Waals surface area (Å²) in [7, 11) is 2.00. The van der Waals surface area contributed by atoms with Crippen molar-refractivity contribution in [2.45, 2.75) is 20.4 Å². The molecule has 0 spiro atoms. The summed E-state index contributed by atoms with van der Waals surface area (Å²) in [5, 5.41) is 11.0. The van der Waals surface area contributed by atoms with Crippen molar-refractivity contribution in [1.29, 1.82) is 0 Å². The summed E-state index contributed by atoms with van der Waals surface area (Å²) < 4.78 is 5.35. The van der Waals surface area contributed by atoms with Crippen LogP contribution < -0.4 is 10.2 Å². The summed E-state index contributed by atoms with van der Waals surface area (Å²) in [6.45, 7) is 5.45. The van der Waals surface area contributed by atoms with Gasteiger partial charge in [0, 0.05) is 25.7 Å². The molecule has 0 aliphatic heterocycles. The normalized spacial score (nSPS) is 11.0. The van der Waals surface area contributed by atoms with Crippen LogP contribution in [0.25, 0.3) is 11.0 Å². The van der Waals surface area contributed by atoms with Crippen LogP contribution in [0.3, 0.4) is 0 Å². The summed E-state index contributed by atoms with van der Waals surface area (Å²) in [6, 6.07) is 1.98. The molecule has 0 unspecified atom stereocenters. The van der Waals surface area contributed by atoms with E-state index < -0.39 is 0 Å². The van der Waals surface area contributed by atoms with E-state index in [0.29, 0.717) is 12.5 Å². The Bertz CT molecular complexity index is 747. The average Bonchev–Trinajstić information content (AvgIpc) is 3.08.